The number of anilines is 2. The molecule has 1 N–H and O–H groups in total. The molecule has 2 aromatic carbocycles. The van der Waals surface area contributed by atoms with Crippen molar-refractivity contribution in [3.8, 4) is 10.4 Å². The predicted molar refractivity (Wildman–Crippen MR) is 113 cm³/mol. The third-order valence-corrected chi connectivity index (χ3v) is 7.14. The van der Waals surface area contributed by atoms with Gasteiger partial charge in [-0.2, -0.15) is 0 Å². The summed E-state index contributed by atoms with van der Waals surface area (Å²) in [6, 6.07) is 16.2. The molecule has 1 amide bonds. The van der Waals surface area contributed by atoms with Crippen LogP contribution < -0.4 is 9.62 Å². The average molecular weight is 413 g/mol. The molecule has 1 aliphatic heterocycles. The Balaban J connectivity index is 1.68. The van der Waals surface area contributed by atoms with Crippen molar-refractivity contribution in [1.82, 2.24) is 0 Å². The van der Waals surface area contributed by atoms with E-state index in [0.717, 1.165) is 21.7 Å². The molecule has 1 aliphatic rings. The molecule has 0 fully saturated rings. The fourth-order valence-electron chi connectivity index (χ4n) is 3.68. The number of thiophene rings is 1. The third kappa shape index (κ3) is 3.31. The Hall–Kier alpha value is -2.64. The highest BCUT2D eigenvalue weighted by Gasteiger charge is 2.30. The van der Waals surface area contributed by atoms with Gasteiger partial charge in [-0.3, -0.25) is 9.52 Å². The molecule has 5 nitrogen and oxygen atoms in total. The number of carbonyl (C=O) groups is 1. The van der Waals surface area contributed by atoms with Gasteiger partial charge in [0.25, 0.3) is 10.0 Å². The second-order valence-electron chi connectivity index (χ2n) is 6.86. The van der Waals surface area contributed by atoms with Crippen LogP contribution in [0.15, 0.2) is 64.9 Å². The number of hydrogen-bond donors (Lipinski definition) is 1. The van der Waals surface area contributed by atoms with Gasteiger partial charge in [0.15, 0.2) is 0 Å². The first-order chi connectivity index (χ1) is 13.4. The van der Waals surface area contributed by atoms with Gasteiger partial charge in [0.05, 0.1) is 10.6 Å². The second-order valence-corrected chi connectivity index (χ2v) is 9.49. The van der Waals surface area contributed by atoms with E-state index in [1.807, 2.05) is 42.6 Å². The first-order valence-electron chi connectivity index (χ1n) is 8.95. The topological polar surface area (TPSA) is 66.5 Å². The Kier molecular flexibility index (Phi) is 4.72. The number of hydrogen-bond acceptors (Lipinski definition) is 4. The van der Waals surface area contributed by atoms with Gasteiger partial charge in [0.1, 0.15) is 0 Å². The van der Waals surface area contributed by atoms with Gasteiger partial charge in [0.2, 0.25) is 5.91 Å². The number of nitrogens with one attached hydrogen (secondary N) is 1. The molecule has 28 heavy (non-hydrogen) atoms. The van der Waals surface area contributed by atoms with Crippen molar-refractivity contribution < 1.29 is 13.2 Å². The Morgan fingerprint density at radius 2 is 1.93 bits per heavy atom. The zero-order chi connectivity index (χ0) is 19.9. The van der Waals surface area contributed by atoms with Gasteiger partial charge in [-0.1, -0.05) is 24.3 Å². The lowest BCUT2D eigenvalue weighted by Crippen LogP contribution is -2.33. The van der Waals surface area contributed by atoms with Crippen molar-refractivity contribution in [3.05, 3.63) is 65.5 Å². The summed E-state index contributed by atoms with van der Waals surface area (Å²) in [4.78, 5) is 14.8. The van der Waals surface area contributed by atoms with E-state index in [1.165, 1.54) is 6.92 Å². The van der Waals surface area contributed by atoms with Crippen LogP contribution in [0.1, 0.15) is 19.4 Å². The normalized spacial score (nSPS) is 16.1. The van der Waals surface area contributed by atoms with Gasteiger partial charge >= 0.3 is 0 Å². The van der Waals surface area contributed by atoms with Crippen molar-refractivity contribution in [2.24, 2.45) is 0 Å². The Labute approximate surface area is 168 Å². The molecule has 144 valence electrons. The first-order valence-corrected chi connectivity index (χ1v) is 11.3. The van der Waals surface area contributed by atoms with Crippen molar-refractivity contribution >= 4 is 38.6 Å². The molecule has 1 atom stereocenters. The molecular formula is C21H20N2O3S2. The predicted octanol–water partition coefficient (Wildman–Crippen LogP) is 4.51. The standard InChI is InChI=1S/C21H20N2O3S2/c1-14-12-16-13-17(9-10-20(16)23(14)15(2)24)28(25,26)22-19-7-4-3-6-18(19)21-8-5-11-27-21/h3-11,13-14,22H,12H2,1-2H3. The Morgan fingerprint density at radius 1 is 1.14 bits per heavy atom. The summed E-state index contributed by atoms with van der Waals surface area (Å²) in [5.74, 6) is -0.0372. The SMILES string of the molecule is CC(=O)N1c2ccc(S(=O)(=O)Nc3ccccc3-c3cccs3)cc2CC1C. The molecule has 4 rings (SSSR count). The lowest BCUT2D eigenvalue weighted by Gasteiger charge is -2.20. The Bertz CT molecular complexity index is 1140. The maximum atomic E-state index is 13.0. The third-order valence-electron chi connectivity index (χ3n) is 4.87. The van der Waals surface area contributed by atoms with Gasteiger partial charge in [-0.25, -0.2) is 8.42 Å². The molecule has 7 heteroatoms. The highest BCUT2D eigenvalue weighted by atomic mass is 32.2. The van der Waals surface area contributed by atoms with Crippen LogP contribution in [0.5, 0.6) is 0 Å². The second kappa shape index (κ2) is 7.07. The summed E-state index contributed by atoms with van der Waals surface area (Å²) < 4.78 is 28.8. The van der Waals surface area contributed by atoms with Crippen LogP contribution in [0, 0.1) is 0 Å². The molecule has 0 saturated heterocycles. The maximum absolute atomic E-state index is 13.0. The van der Waals surface area contributed by atoms with Crippen molar-refractivity contribution in [1.29, 1.82) is 0 Å². The number of benzene rings is 2. The zero-order valence-corrected chi connectivity index (χ0v) is 17.2. The van der Waals surface area contributed by atoms with Crippen molar-refractivity contribution in [2.75, 3.05) is 9.62 Å². The summed E-state index contributed by atoms with van der Waals surface area (Å²) in [5.41, 5.74) is 3.05. The van der Waals surface area contributed by atoms with E-state index in [4.69, 9.17) is 0 Å². The number of rotatable bonds is 4. The van der Waals surface area contributed by atoms with Crippen LogP contribution in [0.4, 0.5) is 11.4 Å². The fraction of sp³-hybridized carbons (Fsp3) is 0.190. The lowest BCUT2D eigenvalue weighted by molar-refractivity contribution is -0.116. The monoisotopic (exact) mass is 412 g/mol. The summed E-state index contributed by atoms with van der Waals surface area (Å²) in [7, 11) is -3.75. The highest BCUT2D eigenvalue weighted by molar-refractivity contribution is 7.92. The largest absolute Gasteiger partial charge is 0.309 e. The minimum atomic E-state index is -3.75. The van der Waals surface area contributed by atoms with Crippen LogP contribution in [-0.2, 0) is 21.2 Å². The molecule has 2 heterocycles. The molecule has 0 aliphatic carbocycles. The van der Waals surface area contributed by atoms with E-state index in [2.05, 4.69) is 4.72 Å². The molecule has 0 spiro atoms. The summed E-state index contributed by atoms with van der Waals surface area (Å²) >= 11 is 1.56. The number of para-hydroxylation sites is 1. The van der Waals surface area contributed by atoms with Crippen LogP contribution in [0.25, 0.3) is 10.4 Å². The fourth-order valence-corrected chi connectivity index (χ4v) is 5.57. The van der Waals surface area contributed by atoms with Crippen LogP contribution in [-0.4, -0.2) is 20.4 Å². The maximum Gasteiger partial charge on any atom is 0.261 e. The van der Waals surface area contributed by atoms with E-state index in [0.29, 0.717) is 12.1 Å². The van der Waals surface area contributed by atoms with E-state index in [1.54, 1.807) is 40.5 Å². The number of sulfonamides is 1. The number of fused-ring (bicyclic) bond motifs is 1. The molecule has 1 unspecified atom stereocenters. The average Bonchev–Trinajstić information content (AvgIpc) is 3.27. The summed E-state index contributed by atoms with van der Waals surface area (Å²) in [6.07, 6.45) is 0.643. The molecular weight excluding hydrogens is 392 g/mol. The number of nitrogens with zero attached hydrogens (tertiary/aromatic N) is 1. The molecule has 0 bridgehead atoms. The van der Waals surface area contributed by atoms with Gasteiger partial charge in [-0.15, -0.1) is 11.3 Å². The van der Waals surface area contributed by atoms with Gasteiger partial charge < -0.3 is 4.90 Å². The highest BCUT2D eigenvalue weighted by Crippen LogP contribution is 2.36. The summed E-state index contributed by atoms with van der Waals surface area (Å²) in [5, 5.41) is 1.96. The van der Waals surface area contributed by atoms with E-state index in [-0.39, 0.29) is 16.8 Å². The number of carbonyl (C=O) groups excluding carboxylic acids is 1. The zero-order valence-electron chi connectivity index (χ0n) is 15.5. The van der Waals surface area contributed by atoms with Gasteiger partial charge in [0, 0.05) is 29.1 Å². The van der Waals surface area contributed by atoms with Crippen molar-refractivity contribution in [3.63, 3.8) is 0 Å². The molecule has 0 radical (unpaired) electrons. The smallest absolute Gasteiger partial charge is 0.261 e. The quantitative estimate of drug-likeness (QED) is 0.685. The minimum Gasteiger partial charge on any atom is -0.309 e. The molecule has 3 aromatic rings. The van der Waals surface area contributed by atoms with Crippen LogP contribution in [0.3, 0.4) is 0 Å². The van der Waals surface area contributed by atoms with E-state index >= 15 is 0 Å². The Morgan fingerprint density at radius 3 is 2.64 bits per heavy atom. The van der Waals surface area contributed by atoms with E-state index in [9.17, 15) is 13.2 Å². The van der Waals surface area contributed by atoms with E-state index < -0.39 is 10.0 Å². The van der Waals surface area contributed by atoms with Gasteiger partial charge in [-0.05, 0) is 54.6 Å². The summed E-state index contributed by atoms with van der Waals surface area (Å²) in [6.45, 7) is 3.49. The molecule has 1 aromatic heterocycles. The molecule has 0 saturated carbocycles. The van der Waals surface area contributed by atoms with Crippen molar-refractivity contribution in [2.45, 2.75) is 31.2 Å². The first kappa shape index (κ1) is 18.7. The number of amides is 1. The minimum absolute atomic E-state index is 0.0259. The van der Waals surface area contributed by atoms with Crippen LogP contribution >= 0.6 is 11.3 Å². The van der Waals surface area contributed by atoms with Crippen LogP contribution in [0.2, 0.25) is 0 Å². The lowest BCUT2D eigenvalue weighted by atomic mass is 10.1.